The molecule has 1 amide bonds. The molecule has 4 nitrogen and oxygen atoms in total. The van der Waals surface area contributed by atoms with Crippen LogP contribution in [0, 0.1) is 0 Å². The molecule has 1 aliphatic heterocycles. The van der Waals surface area contributed by atoms with Gasteiger partial charge in [-0.1, -0.05) is 0 Å². The first-order valence-corrected chi connectivity index (χ1v) is 6.85. The van der Waals surface area contributed by atoms with Crippen LogP contribution in [0.2, 0.25) is 0 Å². The van der Waals surface area contributed by atoms with Crippen LogP contribution < -0.4 is 0 Å². The first kappa shape index (κ1) is 11.3. The highest BCUT2D eigenvalue weighted by atomic mass is 32.2. The third kappa shape index (κ3) is 2.66. The molecule has 1 aromatic rings. The Bertz CT molecular complexity index is 369. The number of rotatable bonds is 3. The lowest BCUT2D eigenvalue weighted by atomic mass is 10.1. The highest BCUT2D eigenvalue weighted by Crippen LogP contribution is 2.19. The number of carbonyl (C=O) groups is 2. The second-order valence-corrected chi connectivity index (χ2v) is 5.58. The highest BCUT2D eigenvalue weighted by Gasteiger charge is 2.25. The summed E-state index contributed by atoms with van der Waals surface area (Å²) in [4.78, 5) is 29.2. The summed E-state index contributed by atoms with van der Waals surface area (Å²) in [6.45, 7) is 1.62. The Labute approximate surface area is 97.3 Å². The maximum Gasteiger partial charge on any atom is 0.366 e. The van der Waals surface area contributed by atoms with Gasteiger partial charge < -0.3 is 4.90 Å². The van der Waals surface area contributed by atoms with E-state index in [2.05, 4.69) is 4.98 Å². The molecular formula is C11H15N2O2S+. The highest BCUT2D eigenvalue weighted by molar-refractivity contribution is 7.49. The maximum absolute atomic E-state index is 11.8. The predicted molar refractivity (Wildman–Crippen MR) is 62.4 cm³/mol. The van der Waals surface area contributed by atoms with E-state index in [4.69, 9.17) is 0 Å². The molecule has 0 N–H and O–H groups in total. The minimum Gasteiger partial charge on any atom is -0.342 e. The fraction of sp³-hybridized carbons (Fsp3) is 0.545. The summed E-state index contributed by atoms with van der Waals surface area (Å²) in [6, 6.07) is 0. The fourth-order valence-electron chi connectivity index (χ4n) is 1.83. The van der Waals surface area contributed by atoms with Gasteiger partial charge in [-0.25, -0.2) is 9.78 Å². The van der Waals surface area contributed by atoms with Crippen LogP contribution in [0.25, 0.3) is 0 Å². The zero-order valence-corrected chi connectivity index (χ0v) is 9.91. The summed E-state index contributed by atoms with van der Waals surface area (Å²) < 4.78 is 0. The van der Waals surface area contributed by atoms with Crippen molar-refractivity contribution in [3.63, 3.8) is 0 Å². The second-order valence-electron chi connectivity index (χ2n) is 3.90. The van der Waals surface area contributed by atoms with Crippen molar-refractivity contribution >= 4 is 21.5 Å². The van der Waals surface area contributed by atoms with Gasteiger partial charge in [0.2, 0.25) is 11.4 Å². The van der Waals surface area contributed by atoms with Crippen LogP contribution in [-0.2, 0) is 4.79 Å². The summed E-state index contributed by atoms with van der Waals surface area (Å²) >= 11 is 0. The van der Waals surface area contributed by atoms with Gasteiger partial charge >= 0.3 is 5.12 Å². The summed E-state index contributed by atoms with van der Waals surface area (Å²) in [7, 11) is -0.556. The normalized spacial score (nSPS) is 17.2. The van der Waals surface area contributed by atoms with Crippen LogP contribution in [0.15, 0.2) is 17.1 Å². The number of thiazole rings is 1. The number of hydrogen-bond donors (Lipinski definition) is 0. The number of nitrogens with zero attached hydrogens (tertiary/aromatic N) is 2. The lowest BCUT2D eigenvalue weighted by molar-refractivity contribution is -0.131. The van der Waals surface area contributed by atoms with Gasteiger partial charge in [0.05, 0.1) is 16.7 Å². The third-order valence-corrected chi connectivity index (χ3v) is 4.17. The average molecular weight is 239 g/mol. The monoisotopic (exact) mass is 239 g/mol. The second kappa shape index (κ2) is 5.21. The molecule has 1 atom stereocenters. The molecule has 1 unspecified atom stereocenters. The number of hydrogen-bond acceptors (Lipinski definition) is 3. The molecule has 0 aliphatic carbocycles. The Balaban J connectivity index is 1.89. The fourth-order valence-corrected chi connectivity index (χ4v) is 2.87. The van der Waals surface area contributed by atoms with Crippen LogP contribution in [0.4, 0.5) is 0 Å². The molecule has 2 rings (SSSR count). The SMILES string of the molecule is O=C(CC(=O)[s+]1ccnc1)N1CCCCC1. The van der Waals surface area contributed by atoms with Crippen LogP contribution in [0.1, 0.15) is 30.5 Å². The summed E-state index contributed by atoms with van der Waals surface area (Å²) in [5.41, 5.74) is 1.62. The number of piperidine rings is 1. The minimum atomic E-state index is -0.556. The van der Waals surface area contributed by atoms with Gasteiger partial charge in [0.1, 0.15) is 6.42 Å². The van der Waals surface area contributed by atoms with E-state index in [1.807, 2.05) is 4.90 Å². The predicted octanol–water partition coefficient (Wildman–Crippen LogP) is 1.87. The standard InChI is InChI=1S/C11H15N2O2S/c14-10(13-5-2-1-3-6-13)8-11(15)16-7-4-12-9-16/h4,7,9H,1-3,5-6,8H2/q+1. The number of carbonyl (C=O) groups excluding carboxylic acids is 2. The van der Waals surface area contributed by atoms with Crippen molar-refractivity contribution in [3.05, 3.63) is 17.1 Å². The van der Waals surface area contributed by atoms with E-state index in [-0.39, 0.29) is 17.4 Å². The molecular weight excluding hydrogens is 224 g/mol. The lowest BCUT2D eigenvalue weighted by Crippen LogP contribution is -2.36. The average Bonchev–Trinajstić information content (AvgIpc) is 2.83. The molecule has 1 aliphatic rings. The van der Waals surface area contributed by atoms with E-state index in [1.54, 1.807) is 17.1 Å². The smallest absolute Gasteiger partial charge is 0.342 e. The van der Waals surface area contributed by atoms with E-state index in [0.717, 1.165) is 25.9 Å². The Morgan fingerprint density at radius 2 is 2.00 bits per heavy atom. The maximum atomic E-state index is 11.8. The van der Waals surface area contributed by atoms with Crippen molar-refractivity contribution in [2.24, 2.45) is 0 Å². The topological polar surface area (TPSA) is 50.3 Å². The molecule has 1 fully saturated rings. The van der Waals surface area contributed by atoms with Crippen molar-refractivity contribution in [1.29, 1.82) is 0 Å². The van der Waals surface area contributed by atoms with E-state index in [0.29, 0.717) is 0 Å². The Kier molecular flexibility index (Phi) is 3.66. The lowest BCUT2D eigenvalue weighted by Gasteiger charge is -2.25. The van der Waals surface area contributed by atoms with Crippen molar-refractivity contribution in [1.82, 2.24) is 9.88 Å². The molecule has 0 spiro atoms. The molecule has 86 valence electrons. The van der Waals surface area contributed by atoms with Gasteiger partial charge in [0, 0.05) is 13.1 Å². The summed E-state index contributed by atoms with van der Waals surface area (Å²) in [5.74, 6) is -0.0223. The van der Waals surface area contributed by atoms with E-state index in [9.17, 15) is 9.59 Å². The van der Waals surface area contributed by atoms with Gasteiger partial charge in [-0.15, -0.1) is 0 Å². The van der Waals surface area contributed by atoms with Crippen molar-refractivity contribution in [3.8, 4) is 0 Å². The molecule has 0 aromatic carbocycles. The molecule has 1 saturated heterocycles. The van der Waals surface area contributed by atoms with Gasteiger partial charge in [-0.05, 0) is 19.3 Å². The quantitative estimate of drug-likeness (QED) is 0.597. The van der Waals surface area contributed by atoms with Crippen LogP contribution in [0.3, 0.4) is 0 Å². The zero-order chi connectivity index (χ0) is 11.4. The van der Waals surface area contributed by atoms with Crippen LogP contribution >= 0.6 is 10.5 Å². The van der Waals surface area contributed by atoms with Gasteiger partial charge in [-0.2, -0.15) is 0 Å². The first-order valence-electron chi connectivity index (χ1n) is 5.50. The molecule has 1 aromatic heterocycles. The van der Waals surface area contributed by atoms with Gasteiger partial charge in [0.25, 0.3) is 0 Å². The zero-order valence-electron chi connectivity index (χ0n) is 9.09. The summed E-state index contributed by atoms with van der Waals surface area (Å²) in [5, 5.41) is 1.74. The number of likely N-dealkylation sites (tertiary alicyclic amines) is 1. The molecule has 0 radical (unpaired) electrons. The third-order valence-electron chi connectivity index (χ3n) is 2.74. The van der Waals surface area contributed by atoms with Crippen molar-refractivity contribution < 1.29 is 9.59 Å². The van der Waals surface area contributed by atoms with Crippen molar-refractivity contribution in [2.45, 2.75) is 25.7 Å². The Morgan fingerprint density at radius 1 is 1.25 bits per heavy atom. The van der Waals surface area contributed by atoms with Crippen molar-refractivity contribution in [2.75, 3.05) is 13.1 Å². The summed E-state index contributed by atoms with van der Waals surface area (Å²) in [6.07, 6.45) is 4.96. The van der Waals surface area contributed by atoms with Gasteiger partial charge in [-0.3, -0.25) is 4.79 Å². The molecule has 5 heteroatoms. The minimum absolute atomic E-state index is 0.0203. The van der Waals surface area contributed by atoms with E-state index in [1.165, 1.54) is 6.42 Å². The first-order chi connectivity index (χ1) is 7.77. The number of aromatic nitrogens is 1. The van der Waals surface area contributed by atoms with Crippen LogP contribution in [-0.4, -0.2) is 34.0 Å². The Morgan fingerprint density at radius 3 is 2.62 bits per heavy atom. The molecule has 0 bridgehead atoms. The van der Waals surface area contributed by atoms with E-state index >= 15 is 0 Å². The molecule has 0 saturated carbocycles. The largest absolute Gasteiger partial charge is 0.366 e. The van der Waals surface area contributed by atoms with Crippen LogP contribution in [0.5, 0.6) is 0 Å². The van der Waals surface area contributed by atoms with E-state index < -0.39 is 10.5 Å². The van der Waals surface area contributed by atoms with Gasteiger partial charge in [0.15, 0.2) is 5.38 Å². The Hall–Kier alpha value is -1.23. The molecule has 16 heavy (non-hydrogen) atoms. The number of amides is 1. The molecule has 2 heterocycles.